The number of rotatable bonds is 1. The monoisotopic (exact) mass is 196 g/mol. The van der Waals surface area contributed by atoms with Crippen LogP contribution in [0.25, 0.3) is 0 Å². The van der Waals surface area contributed by atoms with Gasteiger partial charge in [-0.05, 0) is 12.1 Å². The number of carbonyl (C=O) groups excluding carboxylic acids is 2. The average molecular weight is 197 g/mol. The number of amides is 2. The summed E-state index contributed by atoms with van der Waals surface area (Å²) in [6.07, 6.45) is 3.98. The Bertz CT molecular complexity index is 390. The lowest BCUT2D eigenvalue weighted by molar-refractivity contribution is -0.120. The zero-order valence-electron chi connectivity index (χ0n) is 6.48. The molecule has 0 unspecified atom stereocenters. The molecule has 0 N–H and O–H groups in total. The van der Waals surface area contributed by atoms with Crippen LogP contribution in [0.2, 0.25) is 0 Å². The lowest BCUT2D eigenvalue weighted by Crippen LogP contribution is -2.30. The third-order valence-corrected chi connectivity index (χ3v) is 2.01. The first-order valence-electron chi connectivity index (χ1n) is 3.60. The van der Waals surface area contributed by atoms with Crippen molar-refractivity contribution in [1.29, 1.82) is 0 Å². The second-order valence-electron chi connectivity index (χ2n) is 2.52. The molecule has 0 aliphatic carbocycles. The van der Waals surface area contributed by atoms with Crippen LogP contribution >= 0.6 is 11.8 Å². The van der Waals surface area contributed by atoms with Gasteiger partial charge in [-0.3, -0.25) is 9.59 Å². The Balaban J connectivity index is 2.43. The molecule has 0 atom stereocenters. The lowest BCUT2D eigenvalue weighted by atomic mass is 10.5. The van der Waals surface area contributed by atoms with Crippen molar-refractivity contribution < 1.29 is 9.59 Å². The van der Waals surface area contributed by atoms with Crippen molar-refractivity contribution in [3.63, 3.8) is 0 Å². The van der Waals surface area contributed by atoms with Crippen molar-refractivity contribution in [2.75, 3.05) is 4.90 Å². The quantitative estimate of drug-likeness (QED) is 0.627. The van der Waals surface area contributed by atoms with Crippen LogP contribution in [-0.2, 0) is 9.59 Å². The molecule has 0 radical (unpaired) electrons. The molecule has 0 bridgehead atoms. The molecule has 0 saturated heterocycles. The lowest BCUT2D eigenvalue weighted by Gasteiger charge is -2.12. The van der Waals surface area contributed by atoms with Gasteiger partial charge in [0.1, 0.15) is 5.82 Å². The number of carbonyl (C=O) groups is 2. The Labute approximate surface area is 79.1 Å². The zero-order valence-corrected chi connectivity index (χ0v) is 7.23. The third-order valence-electron chi connectivity index (χ3n) is 1.72. The van der Waals surface area contributed by atoms with Crippen LogP contribution < -0.4 is 4.90 Å². The Morgan fingerprint density at radius 2 is 1.77 bits per heavy atom. The van der Waals surface area contributed by atoms with Gasteiger partial charge in [0.05, 0.1) is 0 Å². The summed E-state index contributed by atoms with van der Waals surface area (Å²) in [4.78, 5) is 23.4. The first kappa shape index (κ1) is 8.07. The van der Waals surface area contributed by atoms with Crippen molar-refractivity contribution in [1.82, 2.24) is 4.09 Å². The Kier molecular flexibility index (Phi) is 1.70. The molecule has 1 aromatic rings. The van der Waals surface area contributed by atoms with E-state index in [1.165, 1.54) is 16.2 Å². The van der Waals surface area contributed by atoms with Gasteiger partial charge < -0.3 is 0 Å². The second-order valence-corrected chi connectivity index (χ2v) is 2.89. The molecule has 0 aromatic carbocycles. The maximum absolute atomic E-state index is 11.2. The van der Waals surface area contributed by atoms with Crippen molar-refractivity contribution >= 4 is 29.4 Å². The summed E-state index contributed by atoms with van der Waals surface area (Å²) in [5.74, 6) is -0.377. The molecule has 4 nitrogen and oxygen atoms in total. The molecule has 13 heavy (non-hydrogen) atoms. The number of imide groups is 1. The van der Waals surface area contributed by atoms with Crippen LogP contribution in [0.5, 0.6) is 0 Å². The van der Waals surface area contributed by atoms with E-state index >= 15 is 0 Å². The predicted molar refractivity (Wildman–Crippen MR) is 47.3 cm³/mol. The molecule has 1 aromatic heterocycles. The van der Waals surface area contributed by atoms with Gasteiger partial charge in [-0.15, -0.1) is 0 Å². The molecule has 2 heterocycles. The smallest absolute Gasteiger partial charge is 0.259 e. The molecule has 0 fully saturated rings. The van der Waals surface area contributed by atoms with Crippen LogP contribution in [0.15, 0.2) is 30.5 Å². The summed E-state index contributed by atoms with van der Waals surface area (Å²) in [5.41, 5.74) is 0. The summed E-state index contributed by atoms with van der Waals surface area (Å²) in [7, 11) is 0. The van der Waals surface area contributed by atoms with Gasteiger partial charge in [0, 0.05) is 30.1 Å². The second kappa shape index (κ2) is 2.74. The van der Waals surface area contributed by atoms with E-state index in [0.717, 1.165) is 4.90 Å². The van der Waals surface area contributed by atoms with Gasteiger partial charge in [-0.25, -0.2) is 8.99 Å². The molecule has 0 saturated carbocycles. The average Bonchev–Trinajstić information content (AvgIpc) is 2.60. The first-order valence-corrected chi connectivity index (χ1v) is 3.93. The van der Waals surface area contributed by atoms with E-state index in [2.05, 4.69) is 0 Å². The van der Waals surface area contributed by atoms with Gasteiger partial charge in [0.2, 0.25) is 0 Å². The number of hydrogen-bond acceptors (Lipinski definition) is 2. The van der Waals surface area contributed by atoms with Crippen LogP contribution in [-0.4, -0.2) is 15.9 Å². The molecule has 1 aliphatic heterocycles. The Morgan fingerprint density at radius 3 is 2.23 bits per heavy atom. The molecule has 2 rings (SSSR count). The number of hydrogen-bond donors (Lipinski definition) is 0. The number of aromatic nitrogens is 1. The van der Waals surface area contributed by atoms with E-state index in [0.29, 0.717) is 5.82 Å². The Morgan fingerprint density at radius 1 is 1.15 bits per heavy atom. The molecule has 66 valence electrons. The minimum atomic E-state index is -0.370. The summed E-state index contributed by atoms with van der Waals surface area (Å²) in [6.45, 7) is 0. The minimum Gasteiger partial charge on any atom is -0.269 e. The molecule has 0 spiro atoms. The maximum Gasteiger partial charge on any atom is 0.259 e. The minimum absolute atomic E-state index is 0.363. The van der Waals surface area contributed by atoms with Gasteiger partial charge >= 0.3 is 0 Å². The Hall–Kier alpha value is -1.55. The maximum atomic E-state index is 11.2. The summed E-state index contributed by atoms with van der Waals surface area (Å²) >= 11 is 5.69. The molecule has 1 aliphatic rings. The highest BCUT2D eigenvalue weighted by molar-refractivity contribution is 6.29. The molecule has 5 heteroatoms. The van der Waals surface area contributed by atoms with E-state index in [-0.39, 0.29) is 11.8 Å². The van der Waals surface area contributed by atoms with Gasteiger partial charge in [0.25, 0.3) is 11.8 Å². The summed E-state index contributed by atoms with van der Waals surface area (Å²) in [5, 5.41) is 0. The normalized spacial score (nSPS) is 15.9. The highest BCUT2D eigenvalue weighted by atomic mass is 35.5. The van der Waals surface area contributed by atoms with Crippen LogP contribution in [0.1, 0.15) is 0 Å². The van der Waals surface area contributed by atoms with Crippen LogP contribution in [0.3, 0.4) is 0 Å². The summed E-state index contributed by atoms with van der Waals surface area (Å²) < 4.78 is 1.20. The topological polar surface area (TPSA) is 42.3 Å². The van der Waals surface area contributed by atoms with Crippen molar-refractivity contribution in [3.05, 3.63) is 30.5 Å². The van der Waals surface area contributed by atoms with Crippen molar-refractivity contribution in [2.24, 2.45) is 0 Å². The third kappa shape index (κ3) is 1.15. The highest BCUT2D eigenvalue weighted by Crippen LogP contribution is 2.20. The van der Waals surface area contributed by atoms with E-state index in [4.69, 9.17) is 11.8 Å². The first-order chi connectivity index (χ1) is 6.20. The van der Waals surface area contributed by atoms with E-state index in [1.54, 1.807) is 18.3 Å². The number of nitrogens with zero attached hydrogens (tertiary/aromatic N) is 2. The highest BCUT2D eigenvalue weighted by Gasteiger charge is 2.26. The van der Waals surface area contributed by atoms with E-state index in [9.17, 15) is 9.59 Å². The fourth-order valence-electron chi connectivity index (χ4n) is 1.15. The molecule has 2 amide bonds. The van der Waals surface area contributed by atoms with Crippen LogP contribution in [0.4, 0.5) is 5.82 Å². The fourth-order valence-corrected chi connectivity index (χ4v) is 1.35. The standard InChI is InChI=1S/C8H5ClN2O2/c9-10-5-1-2-6(10)11-7(12)3-4-8(11)13/h1-5H. The largest absolute Gasteiger partial charge is 0.269 e. The van der Waals surface area contributed by atoms with Gasteiger partial charge in [0.15, 0.2) is 0 Å². The fraction of sp³-hybridized carbons (Fsp3) is 0. The van der Waals surface area contributed by atoms with E-state index in [1.807, 2.05) is 0 Å². The molecular weight excluding hydrogens is 192 g/mol. The zero-order chi connectivity index (χ0) is 9.42. The van der Waals surface area contributed by atoms with Crippen LogP contribution in [0, 0.1) is 0 Å². The van der Waals surface area contributed by atoms with E-state index < -0.39 is 0 Å². The van der Waals surface area contributed by atoms with Gasteiger partial charge in [-0.1, -0.05) is 0 Å². The number of halogens is 1. The summed E-state index contributed by atoms with van der Waals surface area (Å²) in [6, 6.07) is 3.25. The van der Waals surface area contributed by atoms with Crippen molar-refractivity contribution in [2.45, 2.75) is 0 Å². The number of anilines is 1. The SMILES string of the molecule is O=C1C=CC(=O)N1c1cccn1Cl. The van der Waals surface area contributed by atoms with Crippen molar-refractivity contribution in [3.8, 4) is 0 Å². The molecular formula is C8H5ClN2O2. The predicted octanol–water partition coefficient (Wildman–Crippen LogP) is 0.919. The van der Waals surface area contributed by atoms with Gasteiger partial charge in [-0.2, -0.15) is 0 Å².